The van der Waals surface area contributed by atoms with Crippen LogP contribution < -0.4 is 16.9 Å². The van der Waals surface area contributed by atoms with Crippen molar-refractivity contribution in [1.82, 2.24) is 35.5 Å². The second kappa shape index (κ2) is 10.5. The van der Waals surface area contributed by atoms with E-state index in [4.69, 9.17) is 16.4 Å². The Labute approximate surface area is 225 Å². The molecule has 2 aromatic rings. The number of fused-ring (bicyclic) bond motifs is 1. The fourth-order valence-electron chi connectivity index (χ4n) is 3.24. The lowest BCUT2D eigenvalue weighted by atomic mass is 10.0. The number of thioether (sulfide) groups is 2. The second-order valence-electron chi connectivity index (χ2n) is 8.23. The summed E-state index contributed by atoms with van der Waals surface area (Å²) in [5.74, 6) is 1.84. The Balaban J connectivity index is 1.52. The zero-order valence-corrected chi connectivity index (χ0v) is 22.0. The number of aliphatic carboxylic acids is 2. The van der Waals surface area contributed by atoms with Crippen LogP contribution >= 0.6 is 34.9 Å². The van der Waals surface area contributed by atoms with Gasteiger partial charge in [-0.15, -0.1) is 27.9 Å². The fourth-order valence-corrected chi connectivity index (χ4v) is 6.06. The van der Waals surface area contributed by atoms with E-state index in [9.17, 15) is 29.4 Å². The number of carboxylic acids is 2. The van der Waals surface area contributed by atoms with Gasteiger partial charge in [-0.2, -0.15) is 0 Å². The molecule has 0 aromatic carbocycles. The van der Waals surface area contributed by atoms with Gasteiger partial charge in [-0.05, 0) is 29.8 Å². The van der Waals surface area contributed by atoms with Crippen molar-refractivity contribution in [2.75, 3.05) is 23.1 Å². The molecule has 1 saturated heterocycles. The number of anilines is 1. The first-order valence-electron chi connectivity index (χ1n) is 10.5. The molecule has 7 N–H and O–H groups in total. The van der Waals surface area contributed by atoms with Crippen LogP contribution in [0.1, 0.15) is 19.5 Å². The van der Waals surface area contributed by atoms with Crippen LogP contribution in [0.2, 0.25) is 0 Å². The fraction of sp³-hybridized carbons (Fsp3) is 0.389. The van der Waals surface area contributed by atoms with E-state index in [1.54, 1.807) is 0 Å². The quantitative estimate of drug-likeness (QED) is 0.0703. The zero-order valence-electron chi connectivity index (χ0n) is 19.6. The van der Waals surface area contributed by atoms with E-state index in [1.165, 1.54) is 31.0 Å². The van der Waals surface area contributed by atoms with E-state index < -0.39 is 46.5 Å². The maximum Gasteiger partial charge on any atom is 0.352 e. The highest BCUT2D eigenvalue weighted by molar-refractivity contribution is 8.01. The number of hydrogen-bond acceptors (Lipinski definition) is 15. The Kier molecular flexibility index (Phi) is 7.47. The van der Waals surface area contributed by atoms with Gasteiger partial charge in [0, 0.05) is 16.9 Å². The molecule has 1 fully saturated rings. The Morgan fingerprint density at radius 1 is 1.37 bits per heavy atom. The van der Waals surface area contributed by atoms with Crippen LogP contribution in [-0.2, 0) is 24.0 Å². The number of nitrogen functional groups attached to an aromatic ring is 2. The van der Waals surface area contributed by atoms with Crippen molar-refractivity contribution in [3.63, 3.8) is 0 Å². The van der Waals surface area contributed by atoms with Crippen LogP contribution in [0, 0.1) is 0 Å². The molecule has 2 aromatic heterocycles. The molecule has 202 valence electrons. The van der Waals surface area contributed by atoms with Gasteiger partial charge in [0.15, 0.2) is 10.8 Å². The first-order chi connectivity index (χ1) is 17.9. The van der Waals surface area contributed by atoms with Crippen molar-refractivity contribution < 1.29 is 34.2 Å². The van der Waals surface area contributed by atoms with Crippen LogP contribution in [0.4, 0.5) is 5.13 Å². The number of amides is 2. The first kappa shape index (κ1) is 27.1. The summed E-state index contributed by atoms with van der Waals surface area (Å²) in [7, 11) is 0. The highest BCUT2D eigenvalue weighted by atomic mass is 32.2. The normalized spacial score (nSPS) is 19.6. The van der Waals surface area contributed by atoms with Gasteiger partial charge in [0.25, 0.3) is 11.8 Å². The summed E-state index contributed by atoms with van der Waals surface area (Å²) in [6, 6.07) is -1.08. The summed E-state index contributed by atoms with van der Waals surface area (Å²) in [5, 5.41) is 37.1. The van der Waals surface area contributed by atoms with E-state index in [0.29, 0.717) is 5.57 Å². The van der Waals surface area contributed by atoms with Gasteiger partial charge in [-0.3, -0.25) is 14.5 Å². The third kappa shape index (κ3) is 5.22. The number of thiazole rings is 1. The first-order valence-corrected chi connectivity index (χ1v) is 13.4. The lowest BCUT2D eigenvalue weighted by molar-refractivity contribution is -0.161. The maximum absolute atomic E-state index is 13.1. The average molecular weight is 585 g/mol. The number of tetrazole rings is 1. The molecule has 2 atom stereocenters. The minimum absolute atomic E-state index is 0.0128. The Morgan fingerprint density at radius 3 is 2.68 bits per heavy atom. The van der Waals surface area contributed by atoms with Crippen molar-refractivity contribution in [2.24, 2.45) is 5.16 Å². The number of oxime groups is 1. The largest absolute Gasteiger partial charge is 0.478 e. The number of carbonyl (C=O) groups excluding carboxylic acids is 2. The van der Waals surface area contributed by atoms with Crippen LogP contribution in [0.25, 0.3) is 0 Å². The predicted octanol–water partition coefficient (Wildman–Crippen LogP) is -1.46. The van der Waals surface area contributed by atoms with Crippen molar-refractivity contribution >= 4 is 69.5 Å². The molecule has 2 amide bonds. The Morgan fingerprint density at radius 2 is 2.11 bits per heavy atom. The Bertz CT molecular complexity index is 1370. The summed E-state index contributed by atoms with van der Waals surface area (Å²) >= 11 is 3.38. The van der Waals surface area contributed by atoms with Crippen molar-refractivity contribution in [2.45, 2.75) is 36.0 Å². The molecule has 4 heterocycles. The lowest BCUT2D eigenvalue weighted by Gasteiger charge is -2.49. The van der Waals surface area contributed by atoms with Gasteiger partial charge in [0.2, 0.25) is 10.8 Å². The van der Waals surface area contributed by atoms with Gasteiger partial charge in [-0.25, -0.2) is 14.6 Å². The molecule has 2 aliphatic rings. The molecule has 0 spiro atoms. The molecule has 0 bridgehead atoms. The molecule has 20 heteroatoms. The van der Waals surface area contributed by atoms with Gasteiger partial charge in [0.05, 0.1) is 0 Å². The average Bonchev–Trinajstić information content (AvgIpc) is 3.47. The number of β-lactam (4-membered cyclic amide) rings is 1. The second-order valence-corrected chi connectivity index (χ2v) is 11.2. The third-order valence-electron chi connectivity index (χ3n) is 5.23. The molecule has 2 aliphatic heterocycles. The van der Waals surface area contributed by atoms with E-state index in [1.807, 2.05) is 0 Å². The van der Waals surface area contributed by atoms with E-state index >= 15 is 0 Å². The van der Waals surface area contributed by atoms with Crippen LogP contribution in [0.3, 0.4) is 0 Å². The van der Waals surface area contributed by atoms with Crippen molar-refractivity contribution in [1.29, 1.82) is 0 Å². The maximum atomic E-state index is 13.1. The molecule has 0 unspecified atom stereocenters. The third-order valence-corrected chi connectivity index (χ3v) is 8.27. The summed E-state index contributed by atoms with van der Waals surface area (Å²) in [6.07, 6.45) is 0. The number of nitrogens with two attached hydrogens (primary N) is 2. The zero-order chi connectivity index (χ0) is 27.8. The minimum Gasteiger partial charge on any atom is -0.478 e. The number of carboxylic acid groups (broad SMARTS) is 2. The molecular weight excluding hydrogens is 564 g/mol. The predicted molar refractivity (Wildman–Crippen MR) is 134 cm³/mol. The topological polar surface area (TPSA) is 254 Å². The molecule has 17 nitrogen and oxygen atoms in total. The number of nitrogens with one attached hydrogen (secondary N) is 1. The number of hydrogen-bond donors (Lipinski definition) is 5. The smallest absolute Gasteiger partial charge is 0.352 e. The summed E-state index contributed by atoms with van der Waals surface area (Å²) in [4.78, 5) is 60.7. The van der Waals surface area contributed by atoms with E-state index in [-0.39, 0.29) is 33.2 Å². The van der Waals surface area contributed by atoms with Gasteiger partial charge in [0.1, 0.15) is 22.8 Å². The number of aromatic nitrogens is 5. The van der Waals surface area contributed by atoms with Gasteiger partial charge < -0.3 is 31.9 Å². The summed E-state index contributed by atoms with van der Waals surface area (Å²) in [6.45, 7) is 2.47. The minimum atomic E-state index is -1.77. The van der Waals surface area contributed by atoms with E-state index in [0.717, 1.165) is 32.8 Å². The molecule has 38 heavy (non-hydrogen) atoms. The van der Waals surface area contributed by atoms with Crippen LogP contribution in [0.5, 0.6) is 0 Å². The number of rotatable bonds is 10. The van der Waals surface area contributed by atoms with Gasteiger partial charge >= 0.3 is 11.9 Å². The Hall–Kier alpha value is -3.91. The summed E-state index contributed by atoms with van der Waals surface area (Å²) < 4.78 is 0. The summed E-state index contributed by atoms with van der Waals surface area (Å²) in [5.41, 5.74) is 3.76. The van der Waals surface area contributed by atoms with Gasteiger partial charge in [-0.1, -0.05) is 22.0 Å². The highest BCUT2D eigenvalue weighted by Crippen LogP contribution is 2.41. The highest BCUT2D eigenvalue weighted by Gasteiger charge is 2.54. The molecule has 4 rings (SSSR count). The monoisotopic (exact) mass is 584 g/mol. The SMILES string of the molecule is CC(C)(ON=C(C(=O)N[C@@H]1C(=O)N2C(C(=O)O)=C(CSc3nnnn3N)CS[C@@H]12)c1csc(N)n1)C(=O)O. The molecule has 0 saturated carbocycles. The van der Waals surface area contributed by atoms with E-state index in [2.05, 4.69) is 31.0 Å². The lowest BCUT2D eigenvalue weighted by Crippen LogP contribution is -2.71. The number of carbonyl (C=O) groups is 4. The van der Waals surface area contributed by atoms with Crippen molar-refractivity contribution in [3.8, 4) is 0 Å². The molecule has 0 radical (unpaired) electrons. The van der Waals surface area contributed by atoms with Crippen LogP contribution in [0.15, 0.2) is 27.0 Å². The number of nitrogens with zero attached hydrogens (tertiary/aromatic N) is 7. The van der Waals surface area contributed by atoms with Crippen molar-refractivity contribution in [3.05, 3.63) is 22.3 Å². The van der Waals surface area contributed by atoms with Crippen LogP contribution in [-0.4, -0.2) is 98.4 Å². The standard InChI is InChI=1S/C18H20N10O7S3/c1-18(2,15(33)34)35-24-8(7-5-37-16(19)21-7)11(29)22-9-12(30)27-10(14(31)32)6(3-36-13(9)27)4-38-17-23-25-26-28(17)20/h5,9,13H,3-4,20H2,1-2H3,(H2,19,21)(H,22,29)(H,31,32)(H,33,34)/t9-,13+/m1/s1. The molecular formula is C18H20N10O7S3. The molecule has 0 aliphatic carbocycles.